The molecule has 6 nitrogen and oxygen atoms in total. The van der Waals surface area contributed by atoms with E-state index in [0.29, 0.717) is 24.3 Å². The van der Waals surface area contributed by atoms with Crippen molar-refractivity contribution in [3.8, 4) is 17.1 Å². The Morgan fingerprint density at radius 2 is 2.19 bits per heavy atom. The quantitative estimate of drug-likeness (QED) is 0.920. The molecule has 1 atom stereocenters. The zero-order valence-corrected chi connectivity index (χ0v) is 12.4. The summed E-state index contributed by atoms with van der Waals surface area (Å²) in [5.41, 5.74) is 0.930. The van der Waals surface area contributed by atoms with E-state index in [0.717, 1.165) is 30.9 Å². The highest BCUT2D eigenvalue weighted by molar-refractivity contribution is 5.55. The standard InChI is InChI=1S/C15H20N4O2/c1-11-9-19(8-7-16-11)10-14-17-15(18-21-14)12-3-5-13(20-2)6-4-12/h3-6,11,16H,7-10H2,1-2H3/t11-/m0/s1. The van der Waals surface area contributed by atoms with E-state index in [-0.39, 0.29) is 0 Å². The molecule has 6 heteroatoms. The van der Waals surface area contributed by atoms with Crippen molar-refractivity contribution in [3.05, 3.63) is 30.2 Å². The zero-order chi connectivity index (χ0) is 14.7. The van der Waals surface area contributed by atoms with Crippen molar-refractivity contribution in [3.63, 3.8) is 0 Å². The first-order valence-electron chi connectivity index (χ1n) is 7.17. The van der Waals surface area contributed by atoms with Gasteiger partial charge in [-0.1, -0.05) is 5.16 Å². The summed E-state index contributed by atoms with van der Waals surface area (Å²) in [5, 5.41) is 7.48. The van der Waals surface area contributed by atoms with E-state index in [9.17, 15) is 0 Å². The summed E-state index contributed by atoms with van der Waals surface area (Å²) < 4.78 is 10.5. The van der Waals surface area contributed by atoms with Crippen molar-refractivity contribution in [2.45, 2.75) is 19.5 Å². The third kappa shape index (κ3) is 3.40. The molecule has 1 aliphatic heterocycles. The second-order valence-corrected chi connectivity index (χ2v) is 5.33. The molecule has 0 bridgehead atoms. The maximum Gasteiger partial charge on any atom is 0.241 e. The summed E-state index contributed by atoms with van der Waals surface area (Å²) in [6.45, 7) is 5.89. The van der Waals surface area contributed by atoms with Crippen molar-refractivity contribution in [1.82, 2.24) is 20.4 Å². The van der Waals surface area contributed by atoms with Crippen LogP contribution in [-0.4, -0.2) is 47.8 Å². The molecule has 0 saturated carbocycles. The molecule has 112 valence electrons. The van der Waals surface area contributed by atoms with Crippen molar-refractivity contribution >= 4 is 0 Å². The average molecular weight is 288 g/mol. The predicted molar refractivity (Wildman–Crippen MR) is 79.0 cm³/mol. The van der Waals surface area contributed by atoms with Gasteiger partial charge in [0.25, 0.3) is 0 Å². The van der Waals surface area contributed by atoms with Crippen LogP contribution in [0.4, 0.5) is 0 Å². The molecule has 1 fully saturated rings. The van der Waals surface area contributed by atoms with Gasteiger partial charge in [-0.25, -0.2) is 0 Å². The van der Waals surface area contributed by atoms with Gasteiger partial charge in [-0.15, -0.1) is 0 Å². The lowest BCUT2D eigenvalue weighted by molar-refractivity contribution is 0.177. The summed E-state index contributed by atoms with van der Waals surface area (Å²) >= 11 is 0. The normalized spacial score (nSPS) is 19.6. The minimum absolute atomic E-state index is 0.503. The molecule has 0 spiro atoms. The van der Waals surface area contributed by atoms with Crippen molar-refractivity contribution in [2.24, 2.45) is 0 Å². The molecule has 1 aromatic carbocycles. The molecule has 2 heterocycles. The van der Waals surface area contributed by atoms with Gasteiger partial charge in [-0.3, -0.25) is 4.90 Å². The Morgan fingerprint density at radius 3 is 2.90 bits per heavy atom. The van der Waals surface area contributed by atoms with E-state index in [2.05, 4.69) is 27.3 Å². The van der Waals surface area contributed by atoms with Crippen LogP contribution in [0, 0.1) is 0 Å². The fourth-order valence-corrected chi connectivity index (χ4v) is 2.52. The lowest BCUT2D eigenvalue weighted by Crippen LogP contribution is -2.48. The second kappa shape index (κ2) is 6.24. The molecular weight excluding hydrogens is 268 g/mol. The van der Waals surface area contributed by atoms with E-state index in [1.165, 1.54) is 0 Å². The molecule has 2 aromatic rings. The first kappa shape index (κ1) is 14.0. The number of benzene rings is 1. The van der Waals surface area contributed by atoms with Gasteiger partial charge in [-0.05, 0) is 31.2 Å². The maximum absolute atomic E-state index is 5.36. The Labute approximate surface area is 124 Å². The second-order valence-electron chi connectivity index (χ2n) is 5.33. The molecule has 1 aromatic heterocycles. The highest BCUT2D eigenvalue weighted by Crippen LogP contribution is 2.20. The van der Waals surface area contributed by atoms with Crippen LogP contribution in [0.2, 0.25) is 0 Å². The monoisotopic (exact) mass is 288 g/mol. The molecule has 0 amide bonds. The third-order valence-electron chi connectivity index (χ3n) is 3.63. The van der Waals surface area contributed by atoms with E-state index in [1.807, 2.05) is 24.3 Å². The lowest BCUT2D eigenvalue weighted by Gasteiger charge is -2.30. The average Bonchev–Trinajstić information content (AvgIpc) is 2.96. The van der Waals surface area contributed by atoms with Gasteiger partial charge in [-0.2, -0.15) is 4.98 Å². The Bertz CT molecular complexity index is 582. The Hall–Kier alpha value is -1.92. The first-order chi connectivity index (χ1) is 10.2. The van der Waals surface area contributed by atoms with Crippen LogP contribution in [-0.2, 0) is 6.54 Å². The Morgan fingerprint density at radius 1 is 1.38 bits per heavy atom. The van der Waals surface area contributed by atoms with Crippen LogP contribution in [0.5, 0.6) is 5.75 Å². The Balaban J connectivity index is 1.67. The van der Waals surface area contributed by atoms with Gasteiger partial charge in [0.15, 0.2) is 0 Å². The summed E-state index contributed by atoms with van der Waals surface area (Å²) in [6, 6.07) is 8.15. The molecular formula is C15H20N4O2. The number of piperazine rings is 1. The number of ether oxygens (including phenoxy) is 1. The Kier molecular flexibility index (Phi) is 4.17. The molecule has 0 unspecified atom stereocenters. The third-order valence-corrected chi connectivity index (χ3v) is 3.63. The van der Waals surface area contributed by atoms with Gasteiger partial charge in [0, 0.05) is 31.2 Å². The minimum atomic E-state index is 0.503. The number of rotatable bonds is 4. The molecule has 1 saturated heterocycles. The number of nitrogens with one attached hydrogen (secondary N) is 1. The SMILES string of the molecule is COc1ccc(-c2noc(CN3CCN[C@@H](C)C3)n2)cc1. The topological polar surface area (TPSA) is 63.4 Å². The molecule has 1 N–H and O–H groups in total. The highest BCUT2D eigenvalue weighted by atomic mass is 16.5. The zero-order valence-electron chi connectivity index (χ0n) is 12.4. The molecule has 0 radical (unpaired) electrons. The van der Waals surface area contributed by atoms with Crippen molar-refractivity contribution < 1.29 is 9.26 Å². The minimum Gasteiger partial charge on any atom is -0.497 e. The van der Waals surface area contributed by atoms with E-state index >= 15 is 0 Å². The van der Waals surface area contributed by atoms with Crippen molar-refractivity contribution in [1.29, 1.82) is 0 Å². The number of aromatic nitrogens is 2. The molecule has 21 heavy (non-hydrogen) atoms. The van der Waals surface area contributed by atoms with Gasteiger partial charge in [0.1, 0.15) is 5.75 Å². The van der Waals surface area contributed by atoms with E-state index < -0.39 is 0 Å². The van der Waals surface area contributed by atoms with E-state index in [4.69, 9.17) is 9.26 Å². The summed E-state index contributed by atoms with van der Waals surface area (Å²) in [6.07, 6.45) is 0. The predicted octanol–water partition coefficient (Wildman–Crippen LogP) is 1.54. The highest BCUT2D eigenvalue weighted by Gasteiger charge is 2.18. The van der Waals surface area contributed by atoms with Gasteiger partial charge in [0.05, 0.1) is 13.7 Å². The van der Waals surface area contributed by atoms with E-state index in [1.54, 1.807) is 7.11 Å². The summed E-state index contributed by atoms with van der Waals surface area (Å²) in [5.74, 6) is 2.10. The van der Waals surface area contributed by atoms with Gasteiger partial charge < -0.3 is 14.6 Å². The molecule has 3 rings (SSSR count). The van der Waals surface area contributed by atoms with Crippen LogP contribution >= 0.6 is 0 Å². The van der Waals surface area contributed by atoms with Crippen LogP contribution < -0.4 is 10.1 Å². The fourth-order valence-electron chi connectivity index (χ4n) is 2.52. The van der Waals surface area contributed by atoms with Gasteiger partial charge >= 0.3 is 0 Å². The maximum atomic E-state index is 5.36. The largest absolute Gasteiger partial charge is 0.497 e. The number of methoxy groups -OCH3 is 1. The van der Waals surface area contributed by atoms with Gasteiger partial charge in [0.2, 0.25) is 11.7 Å². The van der Waals surface area contributed by atoms with Crippen molar-refractivity contribution in [2.75, 3.05) is 26.7 Å². The molecule has 0 aliphatic carbocycles. The summed E-state index contributed by atoms with van der Waals surface area (Å²) in [7, 11) is 1.65. The lowest BCUT2D eigenvalue weighted by atomic mass is 10.2. The summed E-state index contributed by atoms with van der Waals surface area (Å²) in [4.78, 5) is 6.80. The molecule has 1 aliphatic rings. The number of nitrogens with zero attached hydrogens (tertiary/aromatic N) is 3. The number of hydrogen-bond acceptors (Lipinski definition) is 6. The first-order valence-corrected chi connectivity index (χ1v) is 7.17. The smallest absolute Gasteiger partial charge is 0.241 e. The van der Waals surface area contributed by atoms with Crippen LogP contribution in [0.25, 0.3) is 11.4 Å². The van der Waals surface area contributed by atoms with Crippen LogP contribution in [0.3, 0.4) is 0 Å². The number of hydrogen-bond donors (Lipinski definition) is 1. The van der Waals surface area contributed by atoms with Crippen LogP contribution in [0.1, 0.15) is 12.8 Å². The van der Waals surface area contributed by atoms with Crippen LogP contribution in [0.15, 0.2) is 28.8 Å². The fraction of sp³-hybridized carbons (Fsp3) is 0.467.